The quantitative estimate of drug-likeness (QED) is 0.0320. The maximum absolute atomic E-state index is 12.5. The van der Waals surface area contributed by atoms with Crippen LogP contribution < -0.4 is 5.32 Å². The molecule has 0 rings (SSSR count). The van der Waals surface area contributed by atoms with Crippen LogP contribution in [0.2, 0.25) is 0 Å². The monoisotopic (exact) mass is 1160 g/mol. The first-order valence-corrected chi connectivity index (χ1v) is 37.4. The molecule has 0 aliphatic carbocycles. The molecule has 2 unspecified atom stereocenters. The van der Waals surface area contributed by atoms with Crippen molar-refractivity contribution in [1.29, 1.82) is 0 Å². The van der Waals surface area contributed by atoms with E-state index in [1.54, 1.807) is 6.08 Å². The normalized spacial score (nSPS) is 12.8. The molecule has 0 fully saturated rings. The number of nitrogens with one attached hydrogen (secondary N) is 1. The predicted molar refractivity (Wildman–Crippen MR) is 366 cm³/mol. The van der Waals surface area contributed by atoms with E-state index in [1.165, 1.54) is 327 Å². The third-order valence-electron chi connectivity index (χ3n) is 17.3. The number of hydrogen-bond acceptors (Lipinski definition) is 5. The molecule has 1 amide bonds. The summed E-state index contributed by atoms with van der Waals surface area (Å²) in [7, 11) is 0. The second-order valence-electron chi connectivity index (χ2n) is 25.6. The minimum absolute atomic E-state index is 0.000386. The van der Waals surface area contributed by atoms with Gasteiger partial charge in [-0.1, -0.05) is 358 Å². The molecule has 6 heteroatoms. The first kappa shape index (κ1) is 80.8. The van der Waals surface area contributed by atoms with Gasteiger partial charge in [-0.25, -0.2) is 0 Å². The number of carbonyl (C=O) groups is 2. The molecule has 0 aromatic heterocycles. The Balaban J connectivity index is 3.42. The third-order valence-corrected chi connectivity index (χ3v) is 17.3. The number of esters is 1. The van der Waals surface area contributed by atoms with Crippen molar-refractivity contribution < 1.29 is 24.5 Å². The highest BCUT2D eigenvalue weighted by Gasteiger charge is 2.18. The van der Waals surface area contributed by atoms with Gasteiger partial charge in [-0.05, 0) is 83.5 Å². The summed E-state index contributed by atoms with van der Waals surface area (Å²) in [6.07, 6.45) is 94.9. The Morgan fingerprint density at radius 2 is 0.614 bits per heavy atom. The van der Waals surface area contributed by atoms with Gasteiger partial charge in [-0.3, -0.25) is 9.59 Å². The first-order chi connectivity index (χ1) is 41.0. The zero-order chi connectivity index (χ0) is 59.9. The van der Waals surface area contributed by atoms with E-state index >= 15 is 0 Å². The molecule has 0 spiro atoms. The zero-order valence-electron chi connectivity index (χ0n) is 55.9. The van der Waals surface area contributed by atoms with E-state index in [0.29, 0.717) is 19.4 Å². The summed E-state index contributed by atoms with van der Waals surface area (Å²) < 4.78 is 5.48. The Kier molecular flexibility index (Phi) is 70.4. The molecule has 3 N–H and O–H groups in total. The topological polar surface area (TPSA) is 95.9 Å². The number of ether oxygens (including phenoxy) is 1. The predicted octanol–water partition coefficient (Wildman–Crippen LogP) is 24.4. The molecule has 0 saturated carbocycles. The van der Waals surface area contributed by atoms with Crippen molar-refractivity contribution in [3.63, 3.8) is 0 Å². The molecule has 0 aromatic carbocycles. The summed E-state index contributed by atoms with van der Waals surface area (Å²) in [4.78, 5) is 24.6. The molecular formula is C77H145NO5. The van der Waals surface area contributed by atoms with Crippen molar-refractivity contribution >= 4 is 11.9 Å². The maximum atomic E-state index is 12.5. The number of allylic oxidation sites excluding steroid dienone is 7. The fourth-order valence-electron chi connectivity index (χ4n) is 11.6. The molecule has 0 saturated heterocycles. The van der Waals surface area contributed by atoms with Gasteiger partial charge in [0.15, 0.2) is 0 Å². The van der Waals surface area contributed by atoms with E-state index in [2.05, 4.69) is 55.6 Å². The van der Waals surface area contributed by atoms with Crippen LogP contribution in [0.1, 0.15) is 406 Å². The van der Waals surface area contributed by atoms with Gasteiger partial charge in [0, 0.05) is 12.8 Å². The van der Waals surface area contributed by atoms with Gasteiger partial charge in [0.2, 0.25) is 5.91 Å². The molecular weight excluding hydrogens is 1020 g/mol. The zero-order valence-corrected chi connectivity index (χ0v) is 55.9. The van der Waals surface area contributed by atoms with Crippen LogP contribution in [0.4, 0.5) is 0 Å². The lowest BCUT2D eigenvalue weighted by atomic mass is 10.0. The van der Waals surface area contributed by atoms with E-state index in [4.69, 9.17) is 4.74 Å². The lowest BCUT2D eigenvalue weighted by Gasteiger charge is -2.20. The number of hydrogen-bond donors (Lipinski definition) is 3. The lowest BCUT2D eigenvalue weighted by Crippen LogP contribution is -2.45. The van der Waals surface area contributed by atoms with Gasteiger partial charge in [0.25, 0.3) is 0 Å². The highest BCUT2D eigenvalue weighted by atomic mass is 16.5. The van der Waals surface area contributed by atoms with E-state index < -0.39 is 12.1 Å². The highest BCUT2D eigenvalue weighted by Crippen LogP contribution is 2.19. The summed E-state index contributed by atoms with van der Waals surface area (Å²) in [5.74, 6) is -0.0644. The van der Waals surface area contributed by atoms with Gasteiger partial charge >= 0.3 is 5.97 Å². The fraction of sp³-hybridized carbons (Fsp3) is 0.870. The molecule has 0 bridgehead atoms. The second-order valence-corrected chi connectivity index (χ2v) is 25.6. The van der Waals surface area contributed by atoms with Crippen LogP contribution in [0.3, 0.4) is 0 Å². The van der Waals surface area contributed by atoms with Crippen LogP contribution in [-0.2, 0) is 14.3 Å². The van der Waals surface area contributed by atoms with Crippen LogP contribution in [0.5, 0.6) is 0 Å². The van der Waals surface area contributed by atoms with Gasteiger partial charge in [-0.15, -0.1) is 0 Å². The van der Waals surface area contributed by atoms with E-state index in [0.717, 1.165) is 51.4 Å². The molecule has 0 aliphatic rings. The van der Waals surface area contributed by atoms with Gasteiger partial charge in [-0.2, -0.15) is 0 Å². The van der Waals surface area contributed by atoms with Crippen LogP contribution in [-0.4, -0.2) is 47.4 Å². The van der Waals surface area contributed by atoms with Crippen molar-refractivity contribution in [2.24, 2.45) is 0 Å². The summed E-state index contributed by atoms with van der Waals surface area (Å²) in [6.45, 7) is 4.89. The van der Waals surface area contributed by atoms with Crippen LogP contribution >= 0.6 is 0 Å². The Bertz CT molecular complexity index is 1390. The number of unbranched alkanes of at least 4 members (excludes halogenated alkanes) is 53. The van der Waals surface area contributed by atoms with Crippen molar-refractivity contribution in [3.8, 4) is 0 Å². The standard InChI is InChI=1S/C77H145NO5/c1-3-5-7-9-11-13-15-17-19-20-21-22-23-27-30-33-36-39-42-45-49-53-57-61-65-69-75(80)74(73-79)78-76(81)70-66-62-58-54-50-46-43-40-37-34-31-28-25-24-26-29-32-35-38-41-44-48-52-56-60-64-68-72-83-77(82)71-67-63-59-55-51-47-18-16-14-12-10-8-6-4-2/h10,12,16,18,24-25,65,69,74-75,79-80H,3-9,11,13-15,17,19-23,26-64,66-68,70-73H2,1-2H3,(H,78,81)/b12-10-,18-16-,25-24-,69-65+. The van der Waals surface area contributed by atoms with E-state index in [9.17, 15) is 19.8 Å². The SMILES string of the molecule is CCCC/C=C\C/C=C\CCCCCCCC(=O)OCCCCCCCCCCCCCC/C=C\CCCCCCCCCCCCCC(=O)NC(CO)C(O)/C=C/CCCCCCCCCCCCCCCCCCCCCCCCC. The molecule has 0 heterocycles. The van der Waals surface area contributed by atoms with Crippen LogP contribution in [0.15, 0.2) is 48.6 Å². The van der Waals surface area contributed by atoms with Crippen LogP contribution in [0.25, 0.3) is 0 Å². The number of rotatable bonds is 70. The number of amides is 1. The summed E-state index contributed by atoms with van der Waals surface area (Å²) in [5, 5.41) is 23.3. The van der Waals surface area contributed by atoms with Gasteiger partial charge in [0.05, 0.1) is 25.4 Å². The number of aliphatic hydroxyl groups is 2. The Morgan fingerprint density at radius 1 is 0.337 bits per heavy atom. The summed E-state index contributed by atoms with van der Waals surface area (Å²) >= 11 is 0. The molecule has 488 valence electrons. The Hall–Kier alpha value is -2.18. The molecule has 0 aliphatic heterocycles. The average molecular weight is 1170 g/mol. The Morgan fingerprint density at radius 3 is 0.964 bits per heavy atom. The second kappa shape index (κ2) is 72.3. The lowest BCUT2D eigenvalue weighted by molar-refractivity contribution is -0.143. The van der Waals surface area contributed by atoms with Crippen molar-refractivity contribution in [2.45, 2.75) is 418 Å². The molecule has 83 heavy (non-hydrogen) atoms. The molecule has 6 nitrogen and oxygen atoms in total. The molecule has 0 radical (unpaired) electrons. The number of carbonyl (C=O) groups excluding carboxylic acids is 2. The largest absolute Gasteiger partial charge is 0.466 e. The van der Waals surface area contributed by atoms with Crippen molar-refractivity contribution in [3.05, 3.63) is 48.6 Å². The van der Waals surface area contributed by atoms with Gasteiger partial charge < -0.3 is 20.3 Å². The maximum Gasteiger partial charge on any atom is 0.305 e. The summed E-state index contributed by atoms with van der Waals surface area (Å²) in [5.41, 5.74) is 0. The highest BCUT2D eigenvalue weighted by molar-refractivity contribution is 5.76. The first-order valence-electron chi connectivity index (χ1n) is 37.4. The summed E-state index contributed by atoms with van der Waals surface area (Å²) in [6, 6.07) is -0.631. The fourth-order valence-corrected chi connectivity index (χ4v) is 11.6. The minimum Gasteiger partial charge on any atom is -0.466 e. The third kappa shape index (κ3) is 68.8. The average Bonchev–Trinajstić information content (AvgIpc) is 3.49. The van der Waals surface area contributed by atoms with Crippen molar-refractivity contribution in [2.75, 3.05) is 13.2 Å². The van der Waals surface area contributed by atoms with E-state index in [1.807, 2.05) is 6.08 Å². The minimum atomic E-state index is -0.847. The van der Waals surface area contributed by atoms with Crippen molar-refractivity contribution in [1.82, 2.24) is 5.32 Å². The van der Waals surface area contributed by atoms with E-state index in [-0.39, 0.29) is 18.5 Å². The smallest absolute Gasteiger partial charge is 0.305 e. The van der Waals surface area contributed by atoms with Crippen LogP contribution in [0, 0.1) is 0 Å². The molecule has 0 aromatic rings. The molecule has 2 atom stereocenters. The Labute approximate surface area is 518 Å². The number of aliphatic hydroxyl groups excluding tert-OH is 2. The van der Waals surface area contributed by atoms with Gasteiger partial charge in [0.1, 0.15) is 0 Å².